The van der Waals surface area contributed by atoms with Gasteiger partial charge in [-0.05, 0) is 35.7 Å². The SMILES string of the molecule is Cc1[nH]n2c(=O)cc(-c3ccc([N+](=O)[O-])cc3)nc2c1-c1ccc(-c2ccccc2)cc1. The largest absolute Gasteiger partial charge is 0.293 e. The smallest absolute Gasteiger partial charge is 0.273 e. The zero-order chi connectivity index (χ0) is 22.2. The van der Waals surface area contributed by atoms with Gasteiger partial charge >= 0.3 is 0 Å². The van der Waals surface area contributed by atoms with Crippen molar-refractivity contribution in [2.45, 2.75) is 6.92 Å². The number of aryl methyl sites for hydroxylation is 1. The second kappa shape index (κ2) is 7.63. The molecule has 2 aromatic heterocycles. The molecule has 0 radical (unpaired) electrons. The van der Waals surface area contributed by atoms with Crippen molar-refractivity contribution in [1.82, 2.24) is 14.6 Å². The van der Waals surface area contributed by atoms with E-state index in [1.807, 2.05) is 49.4 Å². The first-order chi connectivity index (χ1) is 15.5. The van der Waals surface area contributed by atoms with Crippen LogP contribution in [0.1, 0.15) is 5.69 Å². The van der Waals surface area contributed by atoms with Crippen LogP contribution in [0, 0.1) is 17.0 Å². The van der Waals surface area contributed by atoms with Gasteiger partial charge in [-0.1, -0.05) is 54.6 Å². The Labute approximate surface area is 182 Å². The summed E-state index contributed by atoms with van der Waals surface area (Å²) in [4.78, 5) is 28.0. The molecule has 0 aliphatic carbocycles. The van der Waals surface area contributed by atoms with Gasteiger partial charge in [0, 0.05) is 35.0 Å². The van der Waals surface area contributed by atoms with Crippen LogP contribution < -0.4 is 5.56 Å². The number of aromatic amines is 1. The highest BCUT2D eigenvalue weighted by Gasteiger charge is 2.16. The molecule has 0 aliphatic heterocycles. The molecule has 0 aliphatic rings. The number of H-pyrrole nitrogens is 1. The second-order valence-electron chi connectivity index (χ2n) is 7.50. The Hall–Kier alpha value is -4.52. The van der Waals surface area contributed by atoms with Crippen molar-refractivity contribution < 1.29 is 4.92 Å². The number of nitro benzene ring substituents is 1. The number of nitro groups is 1. The summed E-state index contributed by atoms with van der Waals surface area (Å²) in [6, 6.07) is 25.7. The monoisotopic (exact) mass is 422 g/mol. The molecule has 0 saturated carbocycles. The predicted molar refractivity (Wildman–Crippen MR) is 124 cm³/mol. The van der Waals surface area contributed by atoms with Crippen LogP contribution in [-0.4, -0.2) is 19.5 Å². The molecule has 0 amide bonds. The summed E-state index contributed by atoms with van der Waals surface area (Å²) in [6.07, 6.45) is 0. The zero-order valence-electron chi connectivity index (χ0n) is 17.1. The van der Waals surface area contributed by atoms with Gasteiger partial charge in [-0.15, -0.1) is 0 Å². The lowest BCUT2D eigenvalue weighted by Crippen LogP contribution is -2.14. The summed E-state index contributed by atoms with van der Waals surface area (Å²) >= 11 is 0. The number of non-ortho nitro benzene ring substituents is 1. The van der Waals surface area contributed by atoms with E-state index in [1.165, 1.54) is 22.7 Å². The van der Waals surface area contributed by atoms with Crippen molar-refractivity contribution in [3.05, 3.63) is 111 Å². The van der Waals surface area contributed by atoms with Gasteiger partial charge in [-0.3, -0.25) is 20.0 Å². The molecule has 3 aromatic carbocycles. The number of hydrogen-bond donors (Lipinski definition) is 1. The summed E-state index contributed by atoms with van der Waals surface area (Å²) in [5, 5.41) is 14.0. The van der Waals surface area contributed by atoms with Crippen molar-refractivity contribution >= 4 is 11.3 Å². The Morgan fingerprint density at radius 3 is 2.09 bits per heavy atom. The normalized spacial score (nSPS) is 11.0. The van der Waals surface area contributed by atoms with Crippen molar-refractivity contribution in [3.8, 4) is 33.5 Å². The van der Waals surface area contributed by atoms with Gasteiger partial charge in [0.15, 0.2) is 5.65 Å². The van der Waals surface area contributed by atoms with Crippen molar-refractivity contribution in [2.24, 2.45) is 0 Å². The lowest BCUT2D eigenvalue weighted by atomic mass is 10.0. The van der Waals surface area contributed by atoms with E-state index in [4.69, 9.17) is 4.98 Å². The summed E-state index contributed by atoms with van der Waals surface area (Å²) in [5.74, 6) is 0. The van der Waals surface area contributed by atoms with Crippen LogP contribution in [0.2, 0.25) is 0 Å². The number of nitrogens with zero attached hydrogens (tertiary/aromatic N) is 3. The van der Waals surface area contributed by atoms with Gasteiger partial charge in [0.05, 0.1) is 10.6 Å². The molecule has 1 N–H and O–H groups in total. The average Bonchev–Trinajstić information content (AvgIpc) is 3.16. The molecule has 5 rings (SSSR count). The van der Waals surface area contributed by atoms with Crippen LogP contribution >= 0.6 is 0 Å². The van der Waals surface area contributed by atoms with E-state index < -0.39 is 4.92 Å². The van der Waals surface area contributed by atoms with Gasteiger partial charge < -0.3 is 0 Å². The quantitative estimate of drug-likeness (QED) is 0.317. The molecule has 156 valence electrons. The van der Waals surface area contributed by atoms with Gasteiger partial charge in [0.1, 0.15) is 0 Å². The van der Waals surface area contributed by atoms with Crippen molar-refractivity contribution in [1.29, 1.82) is 0 Å². The van der Waals surface area contributed by atoms with Crippen LogP contribution in [0.25, 0.3) is 39.2 Å². The Morgan fingerprint density at radius 2 is 1.44 bits per heavy atom. The number of aromatic nitrogens is 3. The number of fused-ring (bicyclic) bond motifs is 1. The molecule has 0 atom stereocenters. The Kier molecular flexibility index (Phi) is 4.63. The molecule has 32 heavy (non-hydrogen) atoms. The third-order valence-electron chi connectivity index (χ3n) is 5.45. The first-order valence-electron chi connectivity index (χ1n) is 10.0. The molecule has 7 heteroatoms. The van der Waals surface area contributed by atoms with Crippen LogP contribution in [0.15, 0.2) is 89.7 Å². The standard InChI is InChI=1S/C25H18N4O3/c1-16-24(20-9-7-18(8-10-20)17-5-3-2-4-6-17)25-26-22(15-23(30)28(25)27-16)19-11-13-21(14-12-19)29(31)32/h2-15,27H,1H3. The highest BCUT2D eigenvalue weighted by molar-refractivity contribution is 5.82. The summed E-state index contributed by atoms with van der Waals surface area (Å²) in [7, 11) is 0. The van der Waals surface area contributed by atoms with E-state index in [1.54, 1.807) is 12.1 Å². The van der Waals surface area contributed by atoms with Gasteiger partial charge in [-0.2, -0.15) is 0 Å². The molecular formula is C25H18N4O3. The van der Waals surface area contributed by atoms with Crippen molar-refractivity contribution in [2.75, 3.05) is 0 Å². The molecule has 0 spiro atoms. The highest BCUT2D eigenvalue weighted by Crippen LogP contribution is 2.30. The van der Waals surface area contributed by atoms with E-state index in [2.05, 4.69) is 17.2 Å². The minimum atomic E-state index is -0.456. The maximum Gasteiger partial charge on any atom is 0.273 e. The van der Waals surface area contributed by atoms with Crippen LogP contribution in [0.5, 0.6) is 0 Å². The van der Waals surface area contributed by atoms with Crippen LogP contribution in [-0.2, 0) is 0 Å². The van der Waals surface area contributed by atoms with E-state index >= 15 is 0 Å². The minimum Gasteiger partial charge on any atom is -0.293 e. The Morgan fingerprint density at radius 1 is 0.844 bits per heavy atom. The van der Waals surface area contributed by atoms with Gasteiger partial charge in [0.2, 0.25) is 0 Å². The summed E-state index contributed by atoms with van der Waals surface area (Å²) < 4.78 is 1.42. The minimum absolute atomic E-state index is 0.0109. The molecule has 7 nitrogen and oxygen atoms in total. The lowest BCUT2D eigenvalue weighted by molar-refractivity contribution is -0.384. The van der Waals surface area contributed by atoms with Gasteiger partial charge in [0.25, 0.3) is 11.2 Å². The summed E-state index contributed by atoms with van der Waals surface area (Å²) in [6.45, 7) is 1.90. The lowest BCUT2D eigenvalue weighted by Gasteiger charge is -2.06. The fraction of sp³-hybridized carbons (Fsp3) is 0.0400. The van der Waals surface area contributed by atoms with E-state index in [0.29, 0.717) is 16.9 Å². The Balaban J connectivity index is 1.61. The third kappa shape index (κ3) is 3.35. The first kappa shape index (κ1) is 19.4. The topological polar surface area (TPSA) is 93.3 Å². The fourth-order valence-corrected chi connectivity index (χ4v) is 3.86. The molecule has 2 heterocycles. The number of rotatable bonds is 4. The number of hydrogen-bond acceptors (Lipinski definition) is 4. The average molecular weight is 422 g/mol. The molecule has 0 unspecified atom stereocenters. The zero-order valence-corrected chi connectivity index (χ0v) is 17.1. The second-order valence-corrected chi connectivity index (χ2v) is 7.50. The van der Waals surface area contributed by atoms with Crippen molar-refractivity contribution in [3.63, 3.8) is 0 Å². The van der Waals surface area contributed by atoms with E-state index in [-0.39, 0.29) is 11.2 Å². The van der Waals surface area contributed by atoms with E-state index in [0.717, 1.165) is 27.9 Å². The highest BCUT2D eigenvalue weighted by atomic mass is 16.6. The number of nitrogens with one attached hydrogen (secondary N) is 1. The first-order valence-corrected chi connectivity index (χ1v) is 10.0. The predicted octanol–water partition coefficient (Wildman–Crippen LogP) is 5.24. The van der Waals surface area contributed by atoms with E-state index in [9.17, 15) is 14.9 Å². The molecule has 0 fully saturated rings. The van der Waals surface area contributed by atoms with Crippen LogP contribution in [0.3, 0.4) is 0 Å². The van der Waals surface area contributed by atoms with Gasteiger partial charge in [-0.25, -0.2) is 9.50 Å². The molecule has 0 bridgehead atoms. The fourth-order valence-electron chi connectivity index (χ4n) is 3.86. The molecular weight excluding hydrogens is 404 g/mol. The maximum absolute atomic E-state index is 12.8. The maximum atomic E-state index is 12.8. The molecule has 0 saturated heterocycles. The number of benzene rings is 3. The third-order valence-corrected chi connectivity index (χ3v) is 5.45. The summed E-state index contributed by atoms with van der Waals surface area (Å²) in [5.41, 5.74) is 6.18. The molecule has 5 aromatic rings. The van der Waals surface area contributed by atoms with Crippen LogP contribution in [0.4, 0.5) is 5.69 Å². The Bertz CT molecular complexity index is 1500.